The molecule has 1 atom stereocenters. The van der Waals surface area contributed by atoms with Crippen LogP contribution in [0.15, 0.2) is 76.8 Å². The molecule has 37 heavy (non-hydrogen) atoms. The molecule has 0 spiro atoms. The minimum atomic E-state index is -3.83. The van der Waals surface area contributed by atoms with Crippen LogP contribution in [0, 0.1) is 0 Å². The molecule has 0 radical (unpaired) electrons. The number of nitrogens with two attached hydrogens (primary N) is 1. The molecule has 0 heterocycles. The predicted octanol–water partition coefficient (Wildman–Crippen LogP) is 2.59. The van der Waals surface area contributed by atoms with Crippen LogP contribution < -0.4 is 11.1 Å². The molecule has 0 aliphatic rings. The van der Waals surface area contributed by atoms with Crippen molar-refractivity contribution in [2.45, 2.75) is 17.4 Å². The number of hydrogen-bond donors (Lipinski definition) is 3. The fourth-order valence-electron chi connectivity index (χ4n) is 3.80. The molecule has 0 aliphatic heterocycles. The number of sulfonamides is 1. The lowest BCUT2D eigenvalue weighted by molar-refractivity contribution is -0.126. The van der Waals surface area contributed by atoms with E-state index in [2.05, 4.69) is 10.5 Å². The Balaban J connectivity index is 1.98. The molecule has 3 aromatic carbocycles. The van der Waals surface area contributed by atoms with Gasteiger partial charge in [-0.15, -0.1) is 0 Å². The van der Waals surface area contributed by atoms with E-state index in [9.17, 15) is 21.6 Å². The van der Waals surface area contributed by atoms with Crippen LogP contribution in [0.3, 0.4) is 0 Å². The lowest BCUT2D eigenvalue weighted by atomic mass is 9.98. The van der Waals surface area contributed by atoms with Gasteiger partial charge in [0.15, 0.2) is 9.84 Å². The van der Waals surface area contributed by atoms with Gasteiger partial charge in [0, 0.05) is 42.2 Å². The van der Waals surface area contributed by atoms with E-state index in [1.807, 2.05) is 0 Å². The molecule has 0 saturated carbocycles. The highest BCUT2D eigenvalue weighted by Crippen LogP contribution is 2.29. The average molecular weight is 545 g/mol. The molecular formula is C25H28N4O6S2. The second kappa shape index (κ2) is 11.0. The minimum absolute atomic E-state index is 0.0315. The summed E-state index contributed by atoms with van der Waals surface area (Å²) in [6.07, 6.45) is 3.26. The van der Waals surface area contributed by atoms with Gasteiger partial charge in [0.05, 0.1) is 17.4 Å². The molecule has 0 unspecified atom stereocenters. The zero-order chi connectivity index (χ0) is 27.4. The molecule has 3 rings (SSSR count). The first-order valence-corrected chi connectivity index (χ1v) is 14.8. The Morgan fingerprint density at radius 2 is 1.68 bits per heavy atom. The summed E-state index contributed by atoms with van der Waals surface area (Å²) < 4.78 is 49.2. The molecule has 0 saturated heterocycles. The number of nitrogens with zero attached hydrogens (tertiary/aromatic N) is 2. The monoisotopic (exact) mass is 544 g/mol. The van der Waals surface area contributed by atoms with Gasteiger partial charge >= 0.3 is 0 Å². The van der Waals surface area contributed by atoms with Crippen LogP contribution in [-0.2, 0) is 31.1 Å². The molecule has 0 fully saturated rings. The average Bonchev–Trinajstić information content (AvgIpc) is 2.84. The Bertz CT molecular complexity index is 1540. The standard InChI is InChI=1S/C25H28N4O6S2/c1-29(37(3,34)35)25(30)23(15-18-7-6-9-22(26)21(18)16-27-31)28-19-13-11-17(12-14-19)20-8-4-5-10-24(20)36(2,32)33/h4-14,16,23,28,31H,15,26H2,1-3H3/t23-/m0/s1. The number of nitrogen functional groups attached to an aromatic ring is 1. The summed E-state index contributed by atoms with van der Waals surface area (Å²) in [7, 11) is -6.11. The van der Waals surface area contributed by atoms with E-state index in [1.165, 1.54) is 13.1 Å². The predicted molar refractivity (Wildman–Crippen MR) is 144 cm³/mol. The zero-order valence-electron chi connectivity index (χ0n) is 20.5. The van der Waals surface area contributed by atoms with Crippen LogP contribution >= 0.6 is 0 Å². The molecule has 0 aliphatic carbocycles. The number of carbonyl (C=O) groups is 1. The summed E-state index contributed by atoms with van der Waals surface area (Å²) in [6, 6.07) is 17.3. The Morgan fingerprint density at radius 1 is 1.03 bits per heavy atom. The van der Waals surface area contributed by atoms with Gasteiger partial charge in [-0.2, -0.15) is 0 Å². The molecule has 1 amide bonds. The fourth-order valence-corrected chi connectivity index (χ4v) is 5.17. The number of oxime groups is 1. The lowest BCUT2D eigenvalue weighted by Crippen LogP contribution is -2.44. The summed E-state index contributed by atoms with van der Waals surface area (Å²) in [5, 5.41) is 15.1. The van der Waals surface area contributed by atoms with Gasteiger partial charge < -0.3 is 16.3 Å². The Kier molecular flexibility index (Phi) is 8.24. The van der Waals surface area contributed by atoms with Crippen LogP contribution in [0.25, 0.3) is 11.1 Å². The maximum absolute atomic E-state index is 13.2. The first-order valence-electron chi connectivity index (χ1n) is 11.0. The number of sulfone groups is 1. The van der Waals surface area contributed by atoms with Crippen LogP contribution in [0.1, 0.15) is 11.1 Å². The van der Waals surface area contributed by atoms with Gasteiger partial charge in [0.2, 0.25) is 10.0 Å². The van der Waals surface area contributed by atoms with E-state index in [1.54, 1.807) is 60.7 Å². The topological polar surface area (TPSA) is 159 Å². The molecule has 12 heteroatoms. The van der Waals surface area contributed by atoms with Crippen molar-refractivity contribution in [1.29, 1.82) is 0 Å². The van der Waals surface area contributed by atoms with E-state index in [0.717, 1.165) is 18.7 Å². The number of hydrogen-bond acceptors (Lipinski definition) is 9. The third-order valence-corrected chi connectivity index (χ3v) is 8.10. The van der Waals surface area contributed by atoms with Crippen molar-refractivity contribution < 1.29 is 26.8 Å². The first kappa shape index (κ1) is 27.7. The molecule has 0 bridgehead atoms. The summed E-state index contributed by atoms with van der Waals surface area (Å²) in [5.74, 6) is -0.705. The summed E-state index contributed by atoms with van der Waals surface area (Å²) >= 11 is 0. The number of rotatable bonds is 9. The maximum Gasteiger partial charge on any atom is 0.258 e. The Morgan fingerprint density at radius 3 is 2.27 bits per heavy atom. The normalized spacial score (nSPS) is 12.8. The number of carbonyl (C=O) groups excluding carboxylic acids is 1. The number of amides is 1. The van der Waals surface area contributed by atoms with Crippen molar-refractivity contribution in [1.82, 2.24) is 4.31 Å². The van der Waals surface area contributed by atoms with Gasteiger partial charge in [-0.05, 0) is 35.4 Å². The maximum atomic E-state index is 13.2. The van der Waals surface area contributed by atoms with E-state index >= 15 is 0 Å². The fraction of sp³-hybridized carbons (Fsp3) is 0.200. The second-order valence-electron chi connectivity index (χ2n) is 8.48. The summed E-state index contributed by atoms with van der Waals surface area (Å²) in [4.78, 5) is 13.4. The third-order valence-electron chi connectivity index (χ3n) is 5.77. The van der Waals surface area contributed by atoms with E-state index < -0.39 is 31.8 Å². The molecule has 196 valence electrons. The molecule has 3 aromatic rings. The minimum Gasteiger partial charge on any atom is -0.411 e. The van der Waals surface area contributed by atoms with Crippen molar-refractivity contribution in [3.05, 3.63) is 77.9 Å². The van der Waals surface area contributed by atoms with Crippen molar-refractivity contribution in [2.75, 3.05) is 30.6 Å². The van der Waals surface area contributed by atoms with Crippen molar-refractivity contribution in [2.24, 2.45) is 5.16 Å². The Labute approximate surface area is 216 Å². The van der Waals surface area contributed by atoms with E-state index in [-0.39, 0.29) is 11.3 Å². The van der Waals surface area contributed by atoms with Gasteiger partial charge in [-0.25, -0.2) is 21.1 Å². The largest absolute Gasteiger partial charge is 0.411 e. The van der Waals surface area contributed by atoms with Gasteiger partial charge in [0.1, 0.15) is 6.04 Å². The first-order chi connectivity index (χ1) is 17.3. The lowest BCUT2D eigenvalue weighted by Gasteiger charge is -2.25. The SMILES string of the molecule is CN(C(=O)[C@H](Cc1cccc(N)c1C=NO)Nc1ccc(-c2ccccc2S(C)(=O)=O)cc1)S(C)(=O)=O. The van der Waals surface area contributed by atoms with Crippen molar-refractivity contribution >= 4 is 43.4 Å². The highest BCUT2D eigenvalue weighted by molar-refractivity contribution is 7.90. The highest BCUT2D eigenvalue weighted by Gasteiger charge is 2.28. The number of anilines is 2. The third kappa shape index (κ3) is 6.66. The van der Waals surface area contributed by atoms with Crippen LogP contribution in [-0.4, -0.2) is 64.1 Å². The number of nitrogens with one attached hydrogen (secondary N) is 1. The molecule has 10 nitrogen and oxygen atoms in total. The zero-order valence-corrected chi connectivity index (χ0v) is 22.1. The van der Waals surface area contributed by atoms with Crippen LogP contribution in [0.2, 0.25) is 0 Å². The van der Waals surface area contributed by atoms with Crippen molar-refractivity contribution in [3.63, 3.8) is 0 Å². The molecular weight excluding hydrogens is 516 g/mol. The quantitative estimate of drug-likeness (QED) is 0.160. The number of likely N-dealkylation sites (N-methyl/N-ethyl adjacent to an activating group) is 1. The summed E-state index contributed by atoms with van der Waals surface area (Å²) in [6.45, 7) is 0. The molecule has 0 aromatic heterocycles. The van der Waals surface area contributed by atoms with Crippen molar-refractivity contribution in [3.8, 4) is 11.1 Å². The summed E-state index contributed by atoms with van der Waals surface area (Å²) in [5.41, 5.74) is 8.98. The Hall–Kier alpha value is -3.90. The van der Waals surface area contributed by atoms with Gasteiger partial charge in [-0.3, -0.25) is 4.79 Å². The number of benzene rings is 3. The second-order valence-corrected chi connectivity index (χ2v) is 12.5. The van der Waals surface area contributed by atoms with E-state index in [4.69, 9.17) is 10.9 Å². The highest BCUT2D eigenvalue weighted by atomic mass is 32.2. The van der Waals surface area contributed by atoms with Crippen LogP contribution in [0.4, 0.5) is 11.4 Å². The van der Waals surface area contributed by atoms with E-state index in [0.29, 0.717) is 37.9 Å². The van der Waals surface area contributed by atoms with Gasteiger partial charge in [-0.1, -0.05) is 47.6 Å². The van der Waals surface area contributed by atoms with Crippen LogP contribution in [0.5, 0.6) is 0 Å². The molecule has 4 N–H and O–H groups in total. The van der Waals surface area contributed by atoms with Gasteiger partial charge in [0.25, 0.3) is 5.91 Å². The smallest absolute Gasteiger partial charge is 0.258 e.